The molecule has 0 bridgehead atoms. The molecule has 2 rings (SSSR count). The predicted molar refractivity (Wildman–Crippen MR) is 90.2 cm³/mol. The zero-order valence-corrected chi connectivity index (χ0v) is 13.5. The van der Waals surface area contributed by atoms with Crippen molar-refractivity contribution < 1.29 is 9.53 Å². The van der Waals surface area contributed by atoms with Crippen molar-refractivity contribution in [3.8, 4) is 5.75 Å². The van der Waals surface area contributed by atoms with Gasteiger partial charge in [-0.1, -0.05) is 35.3 Å². The van der Waals surface area contributed by atoms with E-state index in [1.807, 2.05) is 24.3 Å². The van der Waals surface area contributed by atoms with Gasteiger partial charge in [-0.25, -0.2) is 4.79 Å². The van der Waals surface area contributed by atoms with Crippen LogP contribution in [0.5, 0.6) is 5.75 Å². The zero-order chi connectivity index (χ0) is 15.9. The predicted octanol–water partition coefficient (Wildman–Crippen LogP) is 4.37. The standard InChI is InChI=1S/C16H16Cl2N2O2/c1-22-13-4-2-3-11(9-13)7-8-19-16(21)20-15-6-5-12(17)10-14(15)18/h2-6,9-10H,7-8H2,1H3,(H2,19,20,21). The van der Waals surface area contributed by atoms with E-state index in [2.05, 4.69) is 10.6 Å². The monoisotopic (exact) mass is 338 g/mol. The number of rotatable bonds is 5. The molecule has 0 aliphatic heterocycles. The number of hydrogen-bond donors (Lipinski definition) is 2. The van der Waals surface area contributed by atoms with Crippen molar-refractivity contribution in [1.82, 2.24) is 5.32 Å². The minimum atomic E-state index is -0.313. The van der Waals surface area contributed by atoms with Crippen LogP contribution in [0, 0.1) is 0 Å². The fourth-order valence-corrected chi connectivity index (χ4v) is 2.36. The summed E-state index contributed by atoms with van der Waals surface area (Å²) < 4.78 is 5.16. The van der Waals surface area contributed by atoms with Crippen molar-refractivity contribution in [2.45, 2.75) is 6.42 Å². The normalized spacial score (nSPS) is 10.1. The van der Waals surface area contributed by atoms with Crippen LogP contribution in [0.2, 0.25) is 10.0 Å². The Balaban J connectivity index is 1.82. The molecular weight excluding hydrogens is 323 g/mol. The van der Waals surface area contributed by atoms with Crippen LogP contribution < -0.4 is 15.4 Å². The summed E-state index contributed by atoms with van der Waals surface area (Å²) in [7, 11) is 1.63. The second kappa shape index (κ2) is 7.92. The first kappa shape index (κ1) is 16.5. The number of urea groups is 1. The van der Waals surface area contributed by atoms with Crippen molar-refractivity contribution in [2.75, 3.05) is 19.0 Å². The summed E-state index contributed by atoms with van der Waals surface area (Å²) in [5.41, 5.74) is 1.61. The number of amides is 2. The molecule has 2 N–H and O–H groups in total. The molecule has 2 amide bonds. The molecule has 0 aliphatic carbocycles. The number of ether oxygens (including phenoxy) is 1. The summed E-state index contributed by atoms with van der Waals surface area (Å²) in [6.45, 7) is 0.504. The molecular formula is C16H16Cl2N2O2. The summed E-state index contributed by atoms with van der Waals surface area (Å²) in [6.07, 6.45) is 0.707. The summed E-state index contributed by atoms with van der Waals surface area (Å²) in [5, 5.41) is 6.38. The number of carbonyl (C=O) groups is 1. The van der Waals surface area contributed by atoms with E-state index in [0.717, 1.165) is 11.3 Å². The highest BCUT2D eigenvalue weighted by Crippen LogP contribution is 2.25. The van der Waals surface area contributed by atoms with E-state index < -0.39 is 0 Å². The lowest BCUT2D eigenvalue weighted by Gasteiger charge is -2.09. The smallest absolute Gasteiger partial charge is 0.319 e. The zero-order valence-electron chi connectivity index (χ0n) is 12.0. The summed E-state index contributed by atoms with van der Waals surface area (Å²) >= 11 is 11.8. The highest BCUT2D eigenvalue weighted by molar-refractivity contribution is 6.36. The van der Waals surface area contributed by atoms with Crippen molar-refractivity contribution in [1.29, 1.82) is 0 Å². The summed E-state index contributed by atoms with van der Waals surface area (Å²) in [4.78, 5) is 11.8. The first-order chi connectivity index (χ1) is 10.6. The molecule has 0 radical (unpaired) electrons. The first-order valence-corrected chi connectivity index (χ1v) is 7.47. The topological polar surface area (TPSA) is 50.4 Å². The Kier molecular flexibility index (Phi) is 5.92. The molecule has 4 nitrogen and oxygen atoms in total. The molecule has 2 aromatic rings. The molecule has 0 aliphatic rings. The van der Waals surface area contributed by atoms with Gasteiger partial charge in [0, 0.05) is 11.6 Å². The molecule has 0 saturated heterocycles. The van der Waals surface area contributed by atoms with Gasteiger partial charge in [0.2, 0.25) is 0 Å². The molecule has 0 saturated carbocycles. The summed E-state index contributed by atoms with van der Waals surface area (Å²) in [5.74, 6) is 0.801. The van der Waals surface area contributed by atoms with Crippen LogP contribution >= 0.6 is 23.2 Å². The maximum absolute atomic E-state index is 11.8. The third-order valence-electron chi connectivity index (χ3n) is 3.01. The second-order valence-corrected chi connectivity index (χ2v) is 5.45. The Labute approximate surface area is 139 Å². The van der Waals surface area contributed by atoms with E-state index >= 15 is 0 Å². The van der Waals surface area contributed by atoms with Crippen molar-refractivity contribution in [2.24, 2.45) is 0 Å². The van der Waals surface area contributed by atoms with Crippen molar-refractivity contribution >= 4 is 34.9 Å². The Morgan fingerprint density at radius 3 is 2.73 bits per heavy atom. The molecule has 6 heteroatoms. The lowest BCUT2D eigenvalue weighted by molar-refractivity contribution is 0.252. The molecule has 0 heterocycles. The molecule has 0 unspecified atom stereocenters. The van der Waals surface area contributed by atoms with Crippen LogP contribution in [-0.4, -0.2) is 19.7 Å². The highest BCUT2D eigenvalue weighted by Gasteiger charge is 2.06. The van der Waals surface area contributed by atoms with Gasteiger partial charge in [-0.2, -0.15) is 0 Å². The third kappa shape index (κ3) is 4.83. The lowest BCUT2D eigenvalue weighted by Crippen LogP contribution is -2.30. The van der Waals surface area contributed by atoms with Crippen molar-refractivity contribution in [3.05, 3.63) is 58.1 Å². The highest BCUT2D eigenvalue weighted by atomic mass is 35.5. The maximum Gasteiger partial charge on any atom is 0.319 e. The van der Waals surface area contributed by atoms with Gasteiger partial charge in [0.1, 0.15) is 5.75 Å². The Morgan fingerprint density at radius 2 is 2.00 bits per heavy atom. The number of anilines is 1. The Bertz CT molecular complexity index is 662. The molecule has 116 valence electrons. The van der Waals surface area contributed by atoms with Crippen LogP contribution in [0.4, 0.5) is 10.5 Å². The number of nitrogens with one attached hydrogen (secondary N) is 2. The number of methoxy groups -OCH3 is 1. The van der Waals surface area contributed by atoms with E-state index in [9.17, 15) is 4.79 Å². The fraction of sp³-hybridized carbons (Fsp3) is 0.188. The SMILES string of the molecule is COc1cccc(CCNC(=O)Nc2ccc(Cl)cc2Cl)c1. The number of halogens is 2. The van der Waals surface area contributed by atoms with Gasteiger partial charge in [0.25, 0.3) is 0 Å². The maximum atomic E-state index is 11.8. The molecule has 2 aromatic carbocycles. The minimum absolute atomic E-state index is 0.313. The average Bonchev–Trinajstić information content (AvgIpc) is 2.50. The van der Waals surface area contributed by atoms with Crippen molar-refractivity contribution in [3.63, 3.8) is 0 Å². The number of benzene rings is 2. The number of hydrogen-bond acceptors (Lipinski definition) is 2. The van der Waals surface area contributed by atoms with E-state index in [0.29, 0.717) is 28.7 Å². The first-order valence-electron chi connectivity index (χ1n) is 6.71. The van der Waals surface area contributed by atoms with Gasteiger partial charge in [0.15, 0.2) is 0 Å². The van der Waals surface area contributed by atoms with Crippen LogP contribution in [0.1, 0.15) is 5.56 Å². The van der Waals surface area contributed by atoms with Crippen LogP contribution in [0.3, 0.4) is 0 Å². The average molecular weight is 339 g/mol. The largest absolute Gasteiger partial charge is 0.497 e. The third-order valence-corrected chi connectivity index (χ3v) is 3.56. The molecule has 0 fully saturated rings. The Morgan fingerprint density at radius 1 is 1.18 bits per heavy atom. The van der Waals surface area contributed by atoms with E-state index in [1.54, 1.807) is 25.3 Å². The van der Waals surface area contributed by atoms with Crippen LogP contribution in [0.25, 0.3) is 0 Å². The molecule has 0 atom stereocenters. The van der Waals surface area contributed by atoms with Gasteiger partial charge in [-0.05, 0) is 42.3 Å². The van der Waals surface area contributed by atoms with E-state index in [1.165, 1.54) is 0 Å². The Hall–Kier alpha value is -1.91. The molecule has 0 aromatic heterocycles. The number of carbonyl (C=O) groups excluding carboxylic acids is 1. The molecule has 22 heavy (non-hydrogen) atoms. The van der Waals surface area contributed by atoms with Gasteiger partial charge in [0.05, 0.1) is 17.8 Å². The summed E-state index contributed by atoms with van der Waals surface area (Å²) in [6, 6.07) is 12.3. The van der Waals surface area contributed by atoms with Gasteiger partial charge < -0.3 is 15.4 Å². The minimum Gasteiger partial charge on any atom is -0.497 e. The molecule has 0 spiro atoms. The van der Waals surface area contributed by atoms with Crippen LogP contribution in [-0.2, 0) is 6.42 Å². The fourth-order valence-electron chi connectivity index (χ4n) is 1.91. The van der Waals surface area contributed by atoms with E-state index in [4.69, 9.17) is 27.9 Å². The van der Waals surface area contributed by atoms with E-state index in [-0.39, 0.29) is 6.03 Å². The van der Waals surface area contributed by atoms with Gasteiger partial charge in [-0.15, -0.1) is 0 Å². The van der Waals surface area contributed by atoms with Gasteiger partial charge >= 0.3 is 6.03 Å². The van der Waals surface area contributed by atoms with Crippen LogP contribution in [0.15, 0.2) is 42.5 Å². The quantitative estimate of drug-likeness (QED) is 0.850. The lowest BCUT2D eigenvalue weighted by atomic mass is 10.1. The second-order valence-electron chi connectivity index (χ2n) is 4.61. The van der Waals surface area contributed by atoms with Gasteiger partial charge in [-0.3, -0.25) is 0 Å².